The van der Waals surface area contributed by atoms with Gasteiger partial charge in [-0.1, -0.05) is 23.5 Å². The van der Waals surface area contributed by atoms with Gasteiger partial charge in [0.2, 0.25) is 5.91 Å². The topological polar surface area (TPSA) is 42.3 Å². The van der Waals surface area contributed by atoms with E-state index in [4.69, 9.17) is 0 Å². The number of amides is 1. The van der Waals surface area contributed by atoms with E-state index >= 15 is 0 Å². The Bertz CT molecular complexity index is 708. The first-order valence-electron chi connectivity index (χ1n) is 7.47. The second-order valence-corrected chi connectivity index (χ2v) is 6.84. The molecule has 0 aliphatic carbocycles. The molecule has 4 nitrogen and oxygen atoms in total. The second-order valence-electron chi connectivity index (χ2n) is 5.85. The smallest absolute Gasteiger partial charge is 0.308 e. The van der Waals surface area contributed by atoms with Crippen LogP contribution in [-0.4, -0.2) is 27.5 Å². The van der Waals surface area contributed by atoms with Gasteiger partial charge in [-0.15, -0.1) is 0 Å². The number of benzene rings is 1. The molecule has 1 fully saturated rings. The number of thiazole rings is 1. The van der Waals surface area contributed by atoms with Gasteiger partial charge in [0.25, 0.3) is 0 Å². The van der Waals surface area contributed by atoms with Crippen molar-refractivity contribution in [3.05, 3.63) is 33.9 Å². The van der Waals surface area contributed by atoms with Gasteiger partial charge in [-0.05, 0) is 45.2 Å². The minimum absolute atomic E-state index is 0.0538. The number of nitrogens with zero attached hydrogens (tertiary/aromatic N) is 2. The van der Waals surface area contributed by atoms with Crippen LogP contribution >= 0.6 is 11.3 Å². The maximum absolute atomic E-state index is 12.7. The fourth-order valence-corrected chi connectivity index (χ4v) is 4.18. The fourth-order valence-electron chi connectivity index (χ4n) is 3.29. The lowest BCUT2D eigenvalue weighted by molar-refractivity contribution is -0.137. The number of carbonyl (C=O) groups is 1. The quantitative estimate of drug-likeness (QED) is 0.856. The first-order valence-corrected chi connectivity index (χ1v) is 8.29. The number of hydrogen-bond acceptors (Lipinski definition) is 3. The van der Waals surface area contributed by atoms with Crippen LogP contribution in [0.2, 0.25) is 0 Å². The highest BCUT2D eigenvalue weighted by molar-refractivity contribution is 7.16. The molecule has 2 atom stereocenters. The molecule has 0 N–H and O–H groups in total. The third-order valence-corrected chi connectivity index (χ3v) is 5.31. The van der Waals surface area contributed by atoms with Gasteiger partial charge < -0.3 is 4.90 Å². The van der Waals surface area contributed by atoms with Crippen molar-refractivity contribution >= 4 is 27.5 Å². The predicted molar refractivity (Wildman–Crippen MR) is 85.7 cm³/mol. The number of piperidine rings is 1. The van der Waals surface area contributed by atoms with Gasteiger partial charge in [-0.3, -0.25) is 14.2 Å². The third-order valence-electron chi connectivity index (χ3n) is 4.35. The van der Waals surface area contributed by atoms with Gasteiger partial charge in [0.1, 0.15) is 6.54 Å². The number of hydrogen-bond donors (Lipinski definition) is 0. The van der Waals surface area contributed by atoms with Gasteiger partial charge in [-0.2, -0.15) is 0 Å². The molecule has 1 saturated heterocycles. The molecule has 112 valence electrons. The summed E-state index contributed by atoms with van der Waals surface area (Å²) in [6.07, 6.45) is 3.28. The van der Waals surface area contributed by atoms with Crippen LogP contribution in [0.1, 0.15) is 33.1 Å². The zero-order chi connectivity index (χ0) is 15.0. The summed E-state index contributed by atoms with van der Waals surface area (Å²) in [6.45, 7) is 4.35. The standard InChI is InChI=1S/C16H20N2O2S/c1-11-6-5-7-12(2)18(11)15(19)10-17-13-8-3-4-9-14(13)21-16(17)20/h3-4,8-9,11-12H,5-7,10H2,1-2H3/t11-,12+. The summed E-state index contributed by atoms with van der Waals surface area (Å²) in [4.78, 5) is 26.7. The van der Waals surface area contributed by atoms with Crippen LogP contribution in [-0.2, 0) is 11.3 Å². The van der Waals surface area contributed by atoms with E-state index in [9.17, 15) is 9.59 Å². The van der Waals surface area contributed by atoms with Gasteiger partial charge in [0.15, 0.2) is 0 Å². The summed E-state index contributed by atoms with van der Waals surface area (Å²) >= 11 is 1.21. The van der Waals surface area contributed by atoms with Gasteiger partial charge in [-0.25, -0.2) is 0 Å². The average molecular weight is 304 g/mol. The van der Waals surface area contributed by atoms with Crippen molar-refractivity contribution in [1.29, 1.82) is 0 Å². The van der Waals surface area contributed by atoms with E-state index in [-0.39, 0.29) is 29.4 Å². The number of aromatic nitrogens is 1. The maximum Gasteiger partial charge on any atom is 0.308 e. The van der Waals surface area contributed by atoms with Crippen molar-refractivity contribution in [1.82, 2.24) is 9.47 Å². The molecule has 2 heterocycles. The van der Waals surface area contributed by atoms with Gasteiger partial charge in [0.05, 0.1) is 10.2 Å². The van der Waals surface area contributed by atoms with Crippen LogP contribution in [0, 0.1) is 0 Å². The molecule has 0 saturated carbocycles. The first-order chi connectivity index (χ1) is 10.1. The monoisotopic (exact) mass is 304 g/mol. The van der Waals surface area contributed by atoms with Crippen molar-refractivity contribution in [2.24, 2.45) is 0 Å². The summed E-state index contributed by atoms with van der Waals surface area (Å²) < 4.78 is 2.55. The molecule has 1 amide bonds. The third kappa shape index (κ3) is 2.62. The number of para-hydroxylation sites is 1. The van der Waals surface area contributed by atoms with Crippen molar-refractivity contribution in [2.75, 3.05) is 0 Å². The van der Waals surface area contributed by atoms with Crippen LogP contribution in [0.3, 0.4) is 0 Å². The Kier molecular flexibility index (Phi) is 3.85. The SMILES string of the molecule is C[C@@H]1CCC[C@H](C)N1C(=O)Cn1c(=O)sc2ccccc21. The molecule has 2 aromatic rings. The van der Waals surface area contributed by atoms with Crippen molar-refractivity contribution in [2.45, 2.75) is 51.7 Å². The van der Waals surface area contributed by atoms with E-state index in [0.29, 0.717) is 0 Å². The summed E-state index contributed by atoms with van der Waals surface area (Å²) in [5, 5.41) is 0. The minimum Gasteiger partial charge on any atom is -0.336 e. The Morgan fingerprint density at radius 3 is 2.62 bits per heavy atom. The highest BCUT2D eigenvalue weighted by Crippen LogP contribution is 2.23. The van der Waals surface area contributed by atoms with Crippen molar-refractivity contribution in [3.8, 4) is 0 Å². The summed E-state index contributed by atoms with van der Waals surface area (Å²) in [6, 6.07) is 8.18. The molecule has 0 spiro atoms. The molecule has 0 radical (unpaired) electrons. The summed E-state index contributed by atoms with van der Waals surface area (Å²) in [7, 11) is 0. The highest BCUT2D eigenvalue weighted by Gasteiger charge is 2.29. The molecule has 1 aliphatic heterocycles. The van der Waals surface area contributed by atoms with Crippen molar-refractivity contribution < 1.29 is 4.79 Å². The molecular weight excluding hydrogens is 284 g/mol. The molecule has 21 heavy (non-hydrogen) atoms. The largest absolute Gasteiger partial charge is 0.336 e. The van der Waals surface area contributed by atoms with Gasteiger partial charge >= 0.3 is 4.87 Å². The highest BCUT2D eigenvalue weighted by atomic mass is 32.1. The fraction of sp³-hybridized carbons (Fsp3) is 0.500. The summed E-state index contributed by atoms with van der Waals surface area (Å²) in [5.41, 5.74) is 0.859. The Balaban J connectivity index is 1.89. The Hall–Kier alpha value is -1.62. The van der Waals surface area contributed by atoms with Crippen molar-refractivity contribution in [3.63, 3.8) is 0 Å². The number of carbonyl (C=O) groups excluding carboxylic acids is 1. The van der Waals surface area contributed by atoms with Crippen LogP contribution < -0.4 is 4.87 Å². The molecule has 1 aromatic carbocycles. The maximum atomic E-state index is 12.7. The van der Waals surface area contributed by atoms with Crippen LogP contribution in [0.15, 0.2) is 29.1 Å². The Morgan fingerprint density at radius 2 is 1.90 bits per heavy atom. The van der Waals surface area contributed by atoms with E-state index in [1.807, 2.05) is 29.2 Å². The Morgan fingerprint density at radius 1 is 1.24 bits per heavy atom. The number of likely N-dealkylation sites (tertiary alicyclic amines) is 1. The molecule has 0 unspecified atom stereocenters. The normalized spacial score (nSPS) is 22.7. The summed E-state index contributed by atoms with van der Waals surface area (Å²) in [5.74, 6) is 0.0559. The molecular formula is C16H20N2O2S. The van der Waals surface area contributed by atoms with E-state index in [0.717, 1.165) is 23.1 Å². The Labute approximate surface area is 128 Å². The number of rotatable bonds is 2. The molecule has 0 bridgehead atoms. The van der Waals surface area contributed by atoms with Crippen LogP contribution in [0.25, 0.3) is 10.2 Å². The molecule has 1 aromatic heterocycles. The zero-order valence-electron chi connectivity index (χ0n) is 12.4. The van der Waals surface area contributed by atoms with E-state index in [1.54, 1.807) is 4.57 Å². The molecule has 5 heteroatoms. The first kappa shape index (κ1) is 14.3. The molecule has 3 rings (SSSR count). The minimum atomic E-state index is -0.0538. The van der Waals surface area contributed by atoms with Crippen LogP contribution in [0.4, 0.5) is 0 Å². The molecule has 1 aliphatic rings. The number of fused-ring (bicyclic) bond motifs is 1. The van der Waals surface area contributed by atoms with Crippen LogP contribution in [0.5, 0.6) is 0 Å². The van der Waals surface area contributed by atoms with Gasteiger partial charge in [0, 0.05) is 12.1 Å². The lowest BCUT2D eigenvalue weighted by Crippen LogP contribution is -2.49. The van der Waals surface area contributed by atoms with E-state index in [1.165, 1.54) is 17.8 Å². The van der Waals surface area contributed by atoms with E-state index < -0.39 is 0 Å². The van der Waals surface area contributed by atoms with E-state index in [2.05, 4.69) is 13.8 Å². The zero-order valence-corrected chi connectivity index (χ0v) is 13.2. The average Bonchev–Trinajstić information content (AvgIpc) is 2.75. The second kappa shape index (κ2) is 5.64. The lowest BCUT2D eigenvalue weighted by atomic mass is 9.97. The lowest BCUT2D eigenvalue weighted by Gasteiger charge is -2.39. The predicted octanol–water partition coefficient (Wildman–Crippen LogP) is 2.85.